The van der Waals surface area contributed by atoms with Crippen LogP contribution in [-0.4, -0.2) is 35.2 Å². The molecule has 1 heterocycles. The molecule has 0 radical (unpaired) electrons. The Bertz CT molecular complexity index is 439. The quantitative estimate of drug-likeness (QED) is 0.810. The minimum atomic E-state index is 0.487. The van der Waals surface area contributed by atoms with Crippen LogP contribution in [0.25, 0.3) is 0 Å². The van der Waals surface area contributed by atoms with Gasteiger partial charge in [-0.2, -0.15) is 0 Å². The number of piperidine rings is 1. The Labute approximate surface area is 135 Å². The monoisotopic (exact) mass is 355 g/mol. The first kappa shape index (κ1) is 15.7. The highest BCUT2D eigenvalue weighted by Crippen LogP contribution is 2.15. The van der Waals surface area contributed by atoms with Crippen molar-refractivity contribution in [3.05, 3.63) is 28.7 Å². The Kier molecular flexibility index (Phi) is 5.81. The average Bonchev–Trinajstić information content (AvgIpc) is 2.42. The lowest BCUT2D eigenvalue weighted by atomic mass is 10.0. The third-order valence-corrected chi connectivity index (χ3v) is 4.45. The van der Waals surface area contributed by atoms with Crippen LogP contribution in [0, 0.1) is 0 Å². The second kappa shape index (κ2) is 7.38. The number of benzene rings is 1. The normalized spacial score (nSPS) is 17.2. The Morgan fingerprint density at radius 2 is 1.85 bits per heavy atom. The molecule has 0 saturated carbocycles. The molecule has 5 heteroatoms. The molecule has 0 spiro atoms. The molecule has 1 aromatic rings. The van der Waals surface area contributed by atoms with Gasteiger partial charge in [0.2, 0.25) is 0 Å². The van der Waals surface area contributed by atoms with Crippen LogP contribution in [0.5, 0.6) is 0 Å². The molecule has 2 N–H and O–H groups in total. The standard InChI is InChI=1S/C15H22BrN3S/c1-11(2)19-9-7-14(8-10-19)18-15(20)17-13-5-3-12(16)4-6-13/h3-6,11,14H,7-10H2,1-2H3,(H2,17,18,20). The molecule has 0 aromatic heterocycles. The Balaban J connectivity index is 1.77. The van der Waals surface area contributed by atoms with Gasteiger partial charge in [0.05, 0.1) is 0 Å². The van der Waals surface area contributed by atoms with Gasteiger partial charge in [-0.25, -0.2) is 0 Å². The summed E-state index contributed by atoms with van der Waals surface area (Å²) >= 11 is 8.81. The molecule has 1 aliphatic rings. The minimum absolute atomic E-state index is 0.487. The van der Waals surface area contributed by atoms with E-state index >= 15 is 0 Å². The van der Waals surface area contributed by atoms with E-state index in [-0.39, 0.29) is 0 Å². The van der Waals surface area contributed by atoms with Crippen LogP contribution in [0.4, 0.5) is 5.69 Å². The molecule has 0 atom stereocenters. The van der Waals surface area contributed by atoms with Gasteiger partial charge in [-0.1, -0.05) is 15.9 Å². The lowest BCUT2D eigenvalue weighted by Crippen LogP contribution is -2.47. The van der Waals surface area contributed by atoms with Gasteiger partial charge >= 0.3 is 0 Å². The number of nitrogens with zero attached hydrogens (tertiary/aromatic N) is 1. The summed E-state index contributed by atoms with van der Waals surface area (Å²) in [6.07, 6.45) is 2.31. The van der Waals surface area contributed by atoms with Gasteiger partial charge in [0, 0.05) is 35.3 Å². The largest absolute Gasteiger partial charge is 0.360 e. The van der Waals surface area contributed by atoms with Crippen molar-refractivity contribution in [3.8, 4) is 0 Å². The van der Waals surface area contributed by atoms with Crippen molar-refractivity contribution < 1.29 is 0 Å². The van der Waals surface area contributed by atoms with Crippen LogP contribution < -0.4 is 10.6 Å². The fraction of sp³-hybridized carbons (Fsp3) is 0.533. The summed E-state index contributed by atoms with van der Waals surface area (Å²) < 4.78 is 1.07. The first-order valence-corrected chi connectivity index (χ1v) is 8.32. The van der Waals surface area contributed by atoms with Crippen molar-refractivity contribution >= 4 is 38.9 Å². The van der Waals surface area contributed by atoms with Crippen molar-refractivity contribution in [1.82, 2.24) is 10.2 Å². The third-order valence-electron chi connectivity index (χ3n) is 3.70. The number of hydrogen-bond acceptors (Lipinski definition) is 2. The molecule has 1 aromatic carbocycles. The molecule has 20 heavy (non-hydrogen) atoms. The zero-order valence-electron chi connectivity index (χ0n) is 12.0. The fourth-order valence-corrected chi connectivity index (χ4v) is 2.99. The molecule has 0 aliphatic carbocycles. The molecular weight excluding hydrogens is 334 g/mol. The maximum Gasteiger partial charge on any atom is 0.170 e. The summed E-state index contributed by atoms with van der Waals surface area (Å²) in [5.41, 5.74) is 1.02. The van der Waals surface area contributed by atoms with Crippen LogP contribution in [0.1, 0.15) is 26.7 Å². The topological polar surface area (TPSA) is 27.3 Å². The predicted octanol–water partition coefficient (Wildman–Crippen LogP) is 3.61. The maximum atomic E-state index is 5.38. The van der Waals surface area contributed by atoms with Crippen molar-refractivity contribution in [3.63, 3.8) is 0 Å². The minimum Gasteiger partial charge on any atom is -0.360 e. The van der Waals surface area contributed by atoms with Crippen molar-refractivity contribution in [2.45, 2.75) is 38.8 Å². The molecule has 1 saturated heterocycles. The van der Waals surface area contributed by atoms with E-state index in [9.17, 15) is 0 Å². The average molecular weight is 356 g/mol. The Hall–Kier alpha value is -0.650. The van der Waals surface area contributed by atoms with E-state index in [0.29, 0.717) is 12.1 Å². The van der Waals surface area contributed by atoms with Crippen LogP contribution in [0.15, 0.2) is 28.7 Å². The third kappa shape index (κ3) is 4.72. The molecule has 3 nitrogen and oxygen atoms in total. The number of thiocarbonyl (C=S) groups is 1. The lowest BCUT2D eigenvalue weighted by Gasteiger charge is -2.35. The van der Waals surface area contributed by atoms with Crippen LogP contribution in [0.3, 0.4) is 0 Å². The number of halogens is 1. The van der Waals surface area contributed by atoms with Gasteiger partial charge in [-0.3, -0.25) is 0 Å². The highest BCUT2D eigenvalue weighted by molar-refractivity contribution is 9.10. The summed E-state index contributed by atoms with van der Waals surface area (Å²) in [5.74, 6) is 0. The number of anilines is 1. The van der Waals surface area contributed by atoms with E-state index < -0.39 is 0 Å². The first-order valence-electron chi connectivity index (χ1n) is 7.12. The molecule has 110 valence electrons. The maximum absolute atomic E-state index is 5.38. The van der Waals surface area contributed by atoms with Gasteiger partial charge in [-0.15, -0.1) is 0 Å². The van der Waals surface area contributed by atoms with E-state index in [1.807, 2.05) is 24.3 Å². The van der Waals surface area contributed by atoms with Gasteiger partial charge in [0.1, 0.15) is 0 Å². The summed E-state index contributed by atoms with van der Waals surface area (Å²) in [5, 5.41) is 7.38. The Morgan fingerprint density at radius 1 is 1.25 bits per heavy atom. The van der Waals surface area contributed by atoms with Crippen molar-refractivity contribution in [2.75, 3.05) is 18.4 Å². The molecule has 0 unspecified atom stereocenters. The van der Waals surface area contributed by atoms with Gasteiger partial charge in [-0.05, 0) is 63.2 Å². The van der Waals surface area contributed by atoms with Crippen molar-refractivity contribution in [1.29, 1.82) is 0 Å². The predicted molar refractivity (Wildman–Crippen MR) is 93.2 cm³/mol. The molecule has 1 fully saturated rings. The lowest BCUT2D eigenvalue weighted by molar-refractivity contribution is 0.168. The second-order valence-corrected chi connectivity index (χ2v) is 6.83. The van der Waals surface area contributed by atoms with Gasteiger partial charge in [0.25, 0.3) is 0 Å². The molecular formula is C15H22BrN3S. The first-order chi connectivity index (χ1) is 9.54. The molecule has 2 rings (SSSR count). The van der Waals surface area contributed by atoms with E-state index in [1.165, 1.54) is 0 Å². The zero-order valence-corrected chi connectivity index (χ0v) is 14.4. The second-order valence-electron chi connectivity index (χ2n) is 5.51. The highest BCUT2D eigenvalue weighted by Gasteiger charge is 2.21. The van der Waals surface area contributed by atoms with Gasteiger partial charge < -0.3 is 15.5 Å². The number of likely N-dealkylation sites (tertiary alicyclic amines) is 1. The van der Waals surface area contributed by atoms with Crippen LogP contribution >= 0.6 is 28.1 Å². The number of nitrogens with one attached hydrogen (secondary N) is 2. The van der Waals surface area contributed by atoms with E-state index in [4.69, 9.17) is 12.2 Å². The SMILES string of the molecule is CC(C)N1CCC(NC(=S)Nc2ccc(Br)cc2)CC1. The van der Waals surface area contributed by atoms with E-state index in [2.05, 4.69) is 45.3 Å². The number of rotatable bonds is 3. The number of hydrogen-bond donors (Lipinski definition) is 2. The Morgan fingerprint density at radius 3 is 2.40 bits per heavy atom. The molecule has 1 aliphatic heterocycles. The van der Waals surface area contributed by atoms with Gasteiger partial charge in [0.15, 0.2) is 5.11 Å². The smallest absolute Gasteiger partial charge is 0.170 e. The molecule has 0 amide bonds. The summed E-state index contributed by atoms with van der Waals surface area (Å²) in [6, 6.07) is 9.17. The van der Waals surface area contributed by atoms with Crippen LogP contribution in [-0.2, 0) is 0 Å². The van der Waals surface area contributed by atoms with Crippen LogP contribution in [0.2, 0.25) is 0 Å². The van der Waals surface area contributed by atoms with E-state index in [0.717, 1.165) is 41.2 Å². The summed E-state index contributed by atoms with van der Waals surface area (Å²) in [4.78, 5) is 2.52. The fourth-order valence-electron chi connectivity index (χ4n) is 2.45. The summed E-state index contributed by atoms with van der Waals surface area (Å²) in [6.45, 7) is 6.81. The van der Waals surface area contributed by atoms with E-state index in [1.54, 1.807) is 0 Å². The van der Waals surface area contributed by atoms with Crippen molar-refractivity contribution in [2.24, 2.45) is 0 Å². The summed E-state index contributed by atoms with van der Waals surface area (Å²) in [7, 11) is 0. The highest BCUT2D eigenvalue weighted by atomic mass is 79.9. The molecule has 0 bridgehead atoms. The zero-order chi connectivity index (χ0) is 14.5.